The Morgan fingerprint density at radius 3 is 2.57 bits per heavy atom. The van der Waals surface area contributed by atoms with Crippen LogP contribution in [-0.2, 0) is 19.5 Å². The molecule has 1 amide bonds. The van der Waals surface area contributed by atoms with Crippen LogP contribution in [-0.4, -0.2) is 52.1 Å². The molecule has 35 heavy (non-hydrogen) atoms. The Labute approximate surface area is 202 Å². The van der Waals surface area contributed by atoms with E-state index in [0.29, 0.717) is 30.9 Å². The fraction of sp³-hybridized carbons (Fsp3) is 0.458. The summed E-state index contributed by atoms with van der Waals surface area (Å²) in [5.74, 6) is 2.35. The first-order valence-electron chi connectivity index (χ1n) is 11.9. The Morgan fingerprint density at radius 2 is 1.86 bits per heavy atom. The minimum atomic E-state index is -0.957. The monoisotopic (exact) mass is 479 g/mol. The summed E-state index contributed by atoms with van der Waals surface area (Å²) >= 11 is 0. The van der Waals surface area contributed by atoms with Crippen molar-refractivity contribution < 1.29 is 18.7 Å². The summed E-state index contributed by atoms with van der Waals surface area (Å²) < 4.78 is 14.4. The van der Waals surface area contributed by atoms with Crippen molar-refractivity contribution >= 4 is 6.09 Å². The second kappa shape index (κ2) is 10.2. The maximum atomic E-state index is 12.5. The van der Waals surface area contributed by atoms with Crippen LogP contribution < -0.4 is 0 Å². The van der Waals surface area contributed by atoms with Crippen LogP contribution in [0.15, 0.2) is 51.8 Å². The summed E-state index contributed by atoms with van der Waals surface area (Å²) in [5.41, 5.74) is 1.27. The van der Waals surface area contributed by atoms with E-state index in [1.54, 1.807) is 26.7 Å². The van der Waals surface area contributed by atoms with Crippen molar-refractivity contribution in [1.82, 2.24) is 34.9 Å². The van der Waals surface area contributed by atoms with Crippen molar-refractivity contribution in [2.24, 2.45) is 0 Å². The van der Waals surface area contributed by atoms with E-state index >= 15 is 0 Å². The Kier molecular flexibility index (Phi) is 6.64. The molecular formula is C24H29N7O4. The molecule has 0 radical (unpaired) electrons. The maximum absolute atomic E-state index is 12.5. The fourth-order valence-electron chi connectivity index (χ4n) is 4.79. The van der Waals surface area contributed by atoms with Crippen LogP contribution in [0.5, 0.6) is 0 Å². The van der Waals surface area contributed by atoms with Gasteiger partial charge in [0.1, 0.15) is 36.1 Å². The molecule has 11 nitrogen and oxygen atoms in total. The SMILES string of the molecule is Cc1ccc(Cn2cc(C(Cc3cn(Cc4ccco4)nn3)N(C(=O)O)C3CCCCC3)nn2)o1. The molecule has 4 aromatic rings. The van der Waals surface area contributed by atoms with Crippen molar-refractivity contribution in [1.29, 1.82) is 0 Å². The molecule has 4 heterocycles. The van der Waals surface area contributed by atoms with Crippen molar-refractivity contribution in [3.8, 4) is 0 Å². The van der Waals surface area contributed by atoms with E-state index in [-0.39, 0.29) is 6.04 Å². The predicted octanol–water partition coefficient (Wildman–Crippen LogP) is 4.06. The highest BCUT2D eigenvalue weighted by Gasteiger charge is 2.35. The van der Waals surface area contributed by atoms with E-state index in [9.17, 15) is 9.90 Å². The van der Waals surface area contributed by atoms with Gasteiger partial charge in [-0.15, -0.1) is 10.2 Å². The van der Waals surface area contributed by atoms with Gasteiger partial charge in [0.15, 0.2) is 0 Å². The smallest absolute Gasteiger partial charge is 0.408 e. The Hall–Kier alpha value is -3.89. The highest BCUT2D eigenvalue weighted by molar-refractivity contribution is 5.66. The first kappa shape index (κ1) is 22.9. The van der Waals surface area contributed by atoms with Gasteiger partial charge in [0.25, 0.3) is 0 Å². The van der Waals surface area contributed by atoms with Gasteiger partial charge in [-0.1, -0.05) is 29.7 Å². The normalized spacial score (nSPS) is 15.3. The molecule has 4 aromatic heterocycles. The number of amides is 1. The van der Waals surface area contributed by atoms with E-state index in [0.717, 1.165) is 49.4 Å². The van der Waals surface area contributed by atoms with Crippen LogP contribution in [0.3, 0.4) is 0 Å². The molecule has 1 aliphatic carbocycles. The molecule has 0 aliphatic heterocycles. The molecule has 1 fully saturated rings. The zero-order valence-electron chi connectivity index (χ0n) is 19.7. The lowest BCUT2D eigenvalue weighted by Crippen LogP contribution is -2.44. The van der Waals surface area contributed by atoms with Gasteiger partial charge in [0, 0.05) is 18.7 Å². The number of nitrogens with zero attached hydrogens (tertiary/aromatic N) is 7. The van der Waals surface area contributed by atoms with Crippen molar-refractivity contribution in [2.75, 3.05) is 0 Å². The predicted molar refractivity (Wildman–Crippen MR) is 124 cm³/mol. The average molecular weight is 480 g/mol. The second-order valence-electron chi connectivity index (χ2n) is 9.04. The topological polar surface area (TPSA) is 128 Å². The van der Waals surface area contributed by atoms with Crippen molar-refractivity contribution in [3.63, 3.8) is 0 Å². The molecule has 11 heteroatoms. The first-order chi connectivity index (χ1) is 17.0. The quantitative estimate of drug-likeness (QED) is 0.381. The molecule has 1 aliphatic rings. The molecule has 1 saturated carbocycles. The van der Waals surface area contributed by atoms with Crippen molar-refractivity contribution in [3.05, 3.63) is 71.6 Å². The van der Waals surface area contributed by atoms with Gasteiger partial charge >= 0.3 is 6.09 Å². The average Bonchev–Trinajstić information content (AvgIpc) is 3.65. The molecule has 184 valence electrons. The van der Waals surface area contributed by atoms with Crippen LogP contribution in [0.25, 0.3) is 0 Å². The standard InChI is InChI=1S/C24H29N7O4/c1-17-9-10-21(35-17)15-30-16-22(26-28-30)23(31(24(32)33)19-6-3-2-4-7-19)12-18-13-29(27-25-18)14-20-8-5-11-34-20/h5,8-11,13,16,19,23H,2-4,6-7,12,14-15H2,1H3,(H,32,33). The zero-order valence-corrected chi connectivity index (χ0v) is 19.7. The van der Waals surface area contributed by atoms with Gasteiger partial charge in [-0.3, -0.25) is 4.90 Å². The molecule has 1 atom stereocenters. The molecule has 1 unspecified atom stereocenters. The number of aromatic nitrogens is 6. The van der Waals surface area contributed by atoms with Gasteiger partial charge < -0.3 is 13.9 Å². The number of carboxylic acid groups (broad SMARTS) is 1. The molecule has 0 bridgehead atoms. The summed E-state index contributed by atoms with van der Waals surface area (Å²) in [6.45, 7) is 2.76. The van der Waals surface area contributed by atoms with Crippen LogP contribution in [0, 0.1) is 6.92 Å². The first-order valence-corrected chi connectivity index (χ1v) is 11.9. The number of hydrogen-bond donors (Lipinski definition) is 1. The number of furan rings is 2. The summed E-state index contributed by atoms with van der Waals surface area (Å²) in [7, 11) is 0. The lowest BCUT2D eigenvalue weighted by Gasteiger charge is -2.37. The van der Waals surface area contributed by atoms with Gasteiger partial charge in [-0.05, 0) is 44.0 Å². The van der Waals surface area contributed by atoms with Gasteiger partial charge in [0.2, 0.25) is 0 Å². The van der Waals surface area contributed by atoms with Gasteiger partial charge in [0.05, 0.1) is 24.2 Å². The van der Waals surface area contributed by atoms with E-state index in [2.05, 4.69) is 20.6 Å². The fourth-order valence-corrected chi connectivity index (χ4v) is 4.79. The molecule has 0 spiro atoms. The molecule has 0 aromatic carbocycles. The third-order valence-electron chi connectivity index (χ3n) is 6.42. The minimum absolute atomic E-state index is 0.0673. The summed E-state index contributed by atoms with van der Waals surface area (Å²) in [4.78, 5) is 14.1. The van der Waals surface area contributed by atoms with Crippen LogP contribution in [0.2, 0.25) is 0 Å². The Bertz CT molecular complexity index is 1240. The zero-order chi connectivity index (χ0) is 24.2. The van der Waals surface area contributed by atoms with E-state index < -0.39 is 12.1 Å². The van der Waals surface area contributed by atoms with E-state index in [1.807, 2.05) is 37.4 Å². The minimum Gasteiger partial charge on any atom is -0.467 e. The summed E-state index contributed by atoms with van der Waals surface area (Å²) in [6.07, 6.45) is 9.49. The third kappa shape index (κ3) is 5.44. The molecule has 0 saturated heterocycles. The third-order valence-corrected chi connectivity index (χ3v) is 6.42. The van der Waals surface area contributed by atoms with Gasteiger partial charge in [-0.25, -0.2) is 14.2 Å². The Balaban J connectivity index is 1.41. The second-order valence-corrected chi connectivity index (χ2v) is 9.04. The molecular weight excluding hydrogens is 450 g/mol. The number of aryl methyl sites for hydroxylation is 1. The number of carbonyl (C=O) groups is 1. The molecule has 5 rings (SSSR count). The summed E-state index contributed by atoms with van der Waals surface area (Å²) in [6, 6.07) is 6.90. The molecule has 1 N–H and O–H groups in total. The lowest BCUT2D eigenvalue weighted by molar-refractivity contribution is 0.0814. The number of hydrogen-bond acceptors (Lipinski definition) is 7. The van der Waals surface area contributed by atoms with Crippen molar-refractivity contribution in [2.45, 2.75) is 70.6 Å². The maximum Gasteiger partial charge on any atom is 0.408 e. The summed E-state index contributed by atoms with van der Waals surface area (Å²) in [5, 5.41) is 27.4. The largest absolute Gasteiger partial charge is 0.467 e. The van der Waals surface area contributed by atoms with E-state index in [1.165, 1.54) is 0 Å². The highest BCUT2D eigenvalue weighted by Crippen LogP contribution is 2.32. The van der Waals surface area contributed by atoms with Crippen LogP contribution in [0.1, 0.15) is 66.8 Å². The number of rotatable bonds is 9. The Morgan fingerprint density at radius 1 is 1.09 bits per heavy atom. The highest BCUT2D eigenvalue weighted by atomic mass is 16.4. The lowest BCUT2D eigenvalue weighted by atomic mass is 9.92. The van der Waals surface area contributed by atoms with E-state index in [4.69, 9.17) is 8.83 Å². The van der Waals surface area contributed by atoms with Crippen LogP contribution in [0.4, 0.5) is 4.79 Å². The van der Waals surface area contributed by atoms with Crippen LogP contribution >= 0.6 is 0 Å². The van der Waals surface area contributed by atoms with Gasteiger partial charge in [-0.2, -0.15) is 0 Å².